The van der Waals surface area contributed by atoms with Crippen LogP contribution in [0.3, 0.4) is 0 Å². The Kier molecular flexibility index (Phi) is 11.5. The summed E-state index contributed by atoms with van der Waals surface area (Å²) in [6.45, 7) is 6.93. The van der Waals surface area contributed by atoms with Crippen molar-refractivity contribution >= 4 is 20.2 Å². The minimum Gasteiger partial charge on any atom is -0.396 e. The molecule has 0 spiro atoms. The lowest BCUT2D eigenvalue weighted by molar-refractivity contribution is 0.162. The second kappa shape index (κ2) is 13.0. The van der Waals surface area contributed by atoms with Crippen LogP contribution in [0.4, 0.5) is 0 Å². The van der Waals surface area contributed by atoms with E-state index >= 15 is 0 Å². The number of aryl methyl sites for hydroxylation is 2. The fourth-order valence-corrected chi connectivity index (χ4v) is 4.10. The van der Waals surface area contributed by atoms with Gasteiger partial charge in [-0.2, -0.15) is 16.8 Å². The van der Waals surface area contributed by atoms with E-state index in [1.807, 2.05) is 13.8 Å². The van der Waals surface area contributed by atoms with Crippen LogP contribution < -0.4 is 0 Å². The van der Waals surface area contributed by atoms with Gasteiger partial charge in [-0.3, -0.25) is 8.37 Å². The Hall–Kier alpha value is -1.82. The molecule has 0 aliphatic rings. The van der Waals surface area contributed by atoms with Gasteiger partial charge in [0.2, 0.25) is 0 Å². The molecule has 2 N–H and O–H groups in total. The first-order valence-electron chi connectivity index (χ1n) is 10.0. The molecule has 0 aliphatic carbocycles. The SMILES string of the molecule is CC(CO)CO.Cc1ccc(S(=O)(=O)OCC(C)COS(=O)(=O)c2ccc(C)cc2)cc1. The van der Waals surface area contributed by atoms with Crippen molar-refractivity contribution in [2.45, 2.75) is 37.5 Å². The summed E-state index contributed by atoms with van der Waals surface area (Å²) < 4.78 is 58.5. The molecule has 8 nitrogen and oxygen atoms in total. The lowest BCUT2D eigenvalue weighted by Gasteiger charge is -2.13. The number of benzene rings is 2. The molecular formula is C22H32O8S2. The van der Waals surface area contributed by atoms with Gasteiger partial charge in [0.05, 0.1) is 23.0 Å². The standard InChI is InChI=1S/C18H22O6S2.C4H10O2/c1-14-4-8-17(9-5-14)25(19,20)23-12-16(3)13-24-26(21,22)18-10-6-15(2)7-11-18;1-4(2-5)3-6/h4-11,16H,12-13H2,1-3H3;4-6H,2-3H2,1H3. The molecule has 0 fully saturated rings. The van der Waals surface area contributed by atoms with Gasteiger partial charge < -0.3 is 10.2 Å². The maximum atomic E-state index is 12.1. The first-order valence-corrected chi connectivity index (χ1v) is 12.9. The molecule has 0 heterocycles. The Morgan fingerprint density at radius 3 is 1.22 bits per heavy atom. The molecule has 0 aromatic heterocycles. The van der Waals surface area contributed by atoms with Gasteiger partial charge in [0.15, 0.2) is 0 Å². The lowest BCUT2D eigenvalue weighted by atomic mass is 10.2. The molecule has 0 unspecified atom stereocenters. The van der Waals surface area contributed by atoms with Gasteiger partial charge in [0, 0.05) is 25.0 Å². The van der Waals surface area contributed by atoms with Crippen LogP contribution in [-0.4, -0.2) is 53.5 Å². The molecule has 0 saturated heterocycles. The molecule has 10 heteroatoms. The zero-order valence-corrected chi connectivity index (χ0v) is 20.4. The molecule has 0 atom stereocenters. The summed E-state index contributed by atoms with van der Waals surface area (Å²) in [6.07, 6.45) is 0. The quantitative estimate of drug-likeness (QED) is 0.489. The van der Waals surface area contributed by atoms with Crippen LogP contribution in [0.15, 0.2) is 58.3 Å². The van der Waals surface area contributed by atoms with E-state index in [1.165, 1.54) is 24.3 Å². The van der Waals surface area contributed by atoms with E-state index in [1.54, 1.807) is 38.1 Å². The molecular weight excluding hydrogens is 456 g/mol. The van der Waals surface area contributed by atoms with E-state index in [0.29, 0.717) is 0 Å². The Balaban J connectivity index is 0.000000751. The summed E-state index contributed by atoms with van der Waals surface area (Å²) in [6, 6.07) is 12.6. The molecule has 2 aromatic carbocycles. The highest BCUT2D eigenvalue weighted by Crippen LogP contribution is 2.17. The van der Waals surface area contributed by atoms with Crippen LogP contribution in [0.5, 0.6) is 0 Å². The number of hydrogen-bond acceptors (Lipinski definition) is 8. The monoisotopic (exact) mass is 488 g/mol. The molecule has 0 bridgehead atoms. The molecule has 0 amide bonds. The number of aliphatic hydroxyl groups excluding tert-OH is 2. The maximum Gasteiger partial charge on any atom is 0.296 e. The molecule has 0 aliphatic heterocycles. The first-order chi connectivity index (χ1) is 14.9. The summed E-state index contributed by atoms with van der Waals surface area (Å²) in [5, 5.41) is 16.3. The molecule has 0 saturated carbocycles. The smallest absolute Gasteiger partial charge is 0.296 e. The summed E-state index contributed by atoms with van der Waals surface area (Å²) in [4.78, 5) is 0.118. The Morgan fingerprint density at radius 2 is 0.969 bits per heavy atom. The number of aliphatic hydroxyl groups is 2. The van der Waals surface area contributed by atoms with E-state index in [-0.39, 0.29) is 42.1 Å². The second-order valence-electron chi connectivity index (χ2n) is 7.68. The Morgan fingerprint density at radius 1 is 0.656 bits per heavy atom. The summed E-state index contributed by atoms with van der Waals surface area (Å²) in [5.74, 6) is -0.388. The predicted octanol–water partition coefficient (Wildman–Crippen LogP) is 2.66. The van der Waals surface area contributed by atoms with Crippen molar-refractivity contribution in [1.82, 2.24) is 0 Å². The predicted molar refractivity (Wildman–Crippen MR) is 121 cm³/mol. The van der Waals surface area contributed by atoms with Crippen molar-refractivity contribution in [3.05, 3.63) is 59.7 Å². The zero-order chi connectivity index (χ0) is 24.4. The Labute approximate surface area is 191 Å². The van der Waals surface area contributed by atoms with Gasteiger partial charge in [-0.25, -0.2) is 0 Å². The third-order valence-electron chi connectivity index (χ3n) is 4.26. The third kappa shape index (κ3) is 9.76. The van der Waals surface area contributed by atoms with E-state index in [0.717, 1.165) is 11.1 Å². The minimum absolute atomic E-state index is 0.0463. The topological polar surface area (TPSA) is 127 Å². The largest absolute Gasteiger partial charge is 0.396 e. The van der Waals surface area contributed by atoms with Crippen molar-refractivity contribution in [2.24, 2.45) is 11.8 Å². The van der Waals surface area contributed by atoms with E-state index < -0.39 is 26.2 Å². The normalized spacial score (nSPS) is 12.0. The van der Waals surface area contributed by atoms with Crippen LogP contribution in [-0.2, 0) is 28.6 Å². The summed E-state index contributed by atoms with van der Waals surface area (Å²) >= 11 is 0. The zero-order valence-electron chi connectivity index (χ0n) is 18.8. The fraction of sp³-hybridized carbons (Fsp3) is 0.455. The molecule has 180 valence electrons. The van der Waals surface area contributed by atoms with Crippen LogP contribution in [0.2, 0.25) is 0 Å². The third-order valence-corrected chi connectivity index (χ3v) is 6.85. The van der Waals surface area contributed by atoms with E-state index in [4.69, 9.17) is 18.6 Å². The highest BCUT2D eigenvalue weighted by Gasteiger charge is 2.20. The average Bonchev–Trinajstić information content (AvgIpc) is 2.77. The van der Waals surface area contributed by atoms with Crippen molar-refractivity contribution in [3.63, 3.8) is 0 Å². The van der Waals surface area contributed by atoms with Gasteiger partial charge in [-0.1, -0.05) is 49.2 Å². The van der Waals surface area contributed by atoms with Crippen molar-refractivity contribution < 1.29 is 35.4 Å². The highest BCUT2D eigenvalue weighted by molar-refractivity contribution is 7.87. The van der Waals surface area contributed by atoms with Crippen molar-refractivity contribution in [3.8, 4) is 0 Å². The van der Waals surface area contributed by atoms with Gasteiger partial charge in [0.25, 0.3) is 20.2 Å². The lowest BCUT2D eigenvalue weighted by Crippen LogP contribution is -2.19. The first kappa shape index (κ1) is 28.2. The Bertz CT molecular complexity index is 931. The summed E-state index contributed by atoms with van der Waals surface area (Å²) in [5.41, 5.74) is 1.87. The van der Waals surface area contributed by atoms with Crippen LogP contribution in [0, 0.1) is 25.7 Å². The fourth-order valence-electron chi connectivity index (χ4n) is 2.06. The van der Waals surface area contributed by atoms with Crippen molar-refractivity contribution in [2.75, 3.05) is 26.4 Å². The molecule has 32 heavy (non-hydrogen) atoms. The average molecular weight is 489 g/mol. The highest BCUT2D eigenvalue weighted by atomic mass is 32.2. The number of hydrogen-bond donors (Lipinski definition) is 2. The van der Waals surface area contributed by atoms with Crippen molar-refractivity contribution in [1.29, 1.82) is 0 Å². The number of rotatable bonds is 10. The summed E-state index contributed by atoms with van der Waals surface area (Å²) in [7, 11) is -7.78. The van der Waals surface area contributed by atoms with Gasteiger partial charge >= 0.3 is 0 Å². The van der Waals surface area contributed by atoms with Crippen LogP contribution in [0.25, 0.3) is 0 Å². The van der Waals surface area contributed by atoms with E-state index in [2.05, 4.69) is 0 Å². The van der Waals surface area contributed by atoms with Crippen LogP contribution in [0.1, 0.15) is 25.0 Å². The minimum atomic E-state index is -3.89. The van der Waals surface area contributed by atoms with Gasteiger partial charge in [0.1, 0.15) is 0 Å². The molecule has 2 aromatic rings. The van der Waals surface area contributed by atoms with Gasteiger partial charge in [-0.05, 0) is 38.1 Å². The van der Waals surface area contributed by atoms with Gasteiger partial charge in [-0.15, -0.1) is 0 Å². The van der Waals surface area contributed by atoms with Crippen LogP contribution >= 0.6 is 0 Å². The maximum absolute atomic E-state index is 12.1. The molecule has 2 rings (SSSR count). The van der Waals surface area contributed by atoms with E-state index in [9.17, 15) is 16.8 Å². The second-order valence-corrected chi connectivity index (χ2v) is 10.9. The molecule has 0 radical (unpaired) electrons.